The number of benzene rings is 1. The first-order chi connectivity index (χ1) is 10.3. The monoisotopic (exact) mass is 303 g/mol. The number of ether oxygens (including phenoxy) is 1. The van der Waals surface area contributed by atoms with Crippen LogP contribution in [0.4, 0.5) is 0 Å². The molecular weight excluding hydrogens is 282 g/mol. The quantitative estimate of drug-likeness (QED) is 0.600. The molecule has 2 aromatic rings. The molecule has 5 heteroatoms. The SMILES string of the molecule is COCCNCc1cnc(CSc2ccccc2C)nc1. The van der Waals surface area contributed by atoms with Gasteiger partial charge in [-0.1, -0.05) is 18.2 Å². The van der Waals surface area contributed by atoms with Crippen molar-refractivity contribution in [2.75, 3.05) is 20.3 Å². The standard InChI is InChI=1S/C16H21N3OS/c1-13-5-3-4-6-15(13)21-12-16-18-10-14(11-19-16)9-17-7-8-20-2/h3-6,10-11,17H,7-9,12H2,1-2H3. The number of hydrogen-bond donors (Lipinski definition) is 1. The van der Waals surface area contributed by atoms with E-state index in [1.807, 2.05) is 12.4 Å². The fourth-order valence-corrected chi connectivity index (χ4v) is 2.72. The van der Waals surface area contributed by atoms with Crippen LogP contribution in [0.3, 0.4) is 0 Å². The summed E-state index contributed by atoms with van der Waals surface area (Å²) in [6, 6.07) is 8.37. The lowest BCUT2D eigenvalue weighted by molar-refractivity contribution is 0.199. The third-order valence-electron chi connectivity index (χ3n) is 3.02. The number of thioether (sulfide) groups is 1. The van der Waals surface area contributed by atoms with Crippen molar-refractivity contribution in [2.24, 2.45) is 0 Å². The van der Waals surface area contributed by atoms with Crippen LogP contribution >= 0.6 is 11.8 Å². The number of nitrogens with zero attached hydrogens (tertiary/aromatic N) is 2. The van der Waals surface area contributed by atoms with E-state index in [1.165, 1.54) is 10.5 Å². The minimum Gasteiger partial charge on any atom is -0.383 e. The zero-order valence-electron chi connectivity index (χ0n) is 12.5. The molecule has 1 heterocycles. The van der Waals surface area contributed by atoms with E-state index in [0.29, 0.717) is 6.61 Å². The van der Waals surface area contributed by atoms with E-state index < -0.39 is 0 Å². The van der Waals surface area contributed by atoms with Gasteiger partial charge in [-0.3, -0.25) is 0 Å². The van der Waals surface area contributed by atoms with Gasteiger partial charge in [-0.05, 0) is 18.6 Å². The topological polar surface area (TPSA) is 47.0 Å². The maximum Gasteiger partial charge on any atom is 0.138 e. The zero-order valence-corrected chi connectivity index (χ0v) is 13.3. The molecule has 0 saturated heterocycles. The average Bonchev–Trinajstić information content (AvgIpc) is 2.52. The highest BCUT2D eigenvalue weighted by Crippen LogP contribution is 2.24. The molecule has 112 valence electrons. The third kappa shape index (κ3) is 5.46. The normalized spacial score (nSPS) is 10.8. The molecule has 1 N–H and O–H groups in total. The van der Waals surface area contributed by atoms with Crippen LogP contribution in [0.1, 0.15) is 17.0 Å². The van der Waals surface area contributed by atoms with Gasteiger partial charge in [0, 0.05) is 43.1 Å². The lowest BCUT2D eigenvalue weighted by Gasteiger charge is -2.06. The van der Waals surface area contributed by atoms with Gasteiger partial charge in [-0.2, -0.15) is 0 Å². The van der Waals surface area contributed by atoms with Gasteiger partial charge in [0.2, 0.25) is 0 Å². The molecule has 1 aromatic heterocycles. The predicted octanol–water partition coefficient (Wildman–Crippen LogP) is 2.81. The molecular formula is C16H21N3OS. The molecule has 0 unspecified atom stereocenters. The average molecular weight is 303 g/mol. The molecule has 0 amide bonds. The number of hydrogen-bond acceptors (Lipinski definition) is 5. The second-order valence-corrected chi connectivity index (χ2v) is 5.75. The maximum atomic E-state index is 4.99. The first-order valence-electron chi connectivity index (χ1n) is 6.97. The van der Waals surface area contributed by atoms with E-state index in [0.717, 1.165) is 30.2 Å². The molecule has 0 aliphatic heterocycles. The number of aromatic nitrogens is 2. The second-order valence-electron chi connectivity index (χ2n) is 4.73. The third-order valence-corrected chi connectivity index (χ3v) is 4.19. The van der Waals surface area contributed by atoms with Crippen LogP contribution in [0.25, 0.3) is 0 Å². The zero-order chi connectivity index (χ0) is 14.9. The van der Waals surface area contributed by atoms with Crippen LogP contribution < -0.4 is 5.32 Å². The van der Waals surface area contributed by atoms with Gasteiger partial charge in [0.15, 0.2) is 0 Å². The van der Waals surface area contributed by atoms with E-state index in [2.05, 4.69) is 46.5 Å². The molecule has 2 rings (SSSR count). The molecule has 4 nitrogen and oxygen atoms in total. The number of aryl methyl sites for hydroxylation is 1. The van der Waals surface area contributed by atoms with Gasteiger partial charge < -0.3 is 10.1 Å². The Morgan fingerprint density at radius 3 is 2.67 bits per heavy atom. The summed E-state index contributed by atoms with van der Waals surface area (Å²) in [6.45, 7) is 4.44. The van der Waals surface area contributed by atoms with Crippen molar-refractivity contribution in [3.63, 3.8) is 0 Å². The number of nitrogens with one attached hydrogen (secondary N) is 1. The van der Waals surface area contributed by atoms with Crippen LogP contribution in [0.2, 0.25) is 0 Å². The van der Waals surface area contributed by atoms with Crippen LogP contribution in [0.15, 0.2) is 41.6 Å². The molecule has 0 radical (unpaired) electrons. The summed E-state index contributed by atoms with van der Waals surface area (Å²) in [7, 11) is 1.70. The molecule has 0 saturated carbocycles. The first-order valence-corrected chi connectivity index (χ1v) is 7.96. The Hall–Kier alpha value is -1.43. The lowest BCUT2D eigenvalue weighted by Crippen LogP contribution is -2.18. The summed E-state index contributed by atoms with van der Waals surface area (Å²) in [6.07, 6.45) is 3.78. The van der Waals surface area contributed by atoms with Crippen LogP contribution in [0, 0.1) is 6.92 Å². The Labute approximate surface area is 130 Å². The summed E-state index contributed by atoms with van der Waals surface area (Å²) in [4.78, 5) is 10.1. The van der Waals surface area contributed by atoms with Gasteiger partial charge >= 0.3 is 0 Å². The fourth-order valence-electron chi connectivity index (χ4n) is 1.81. The van der Waals surface area contributed by atoms with Crippen molar-refractivity contribution in [1.82, 2.24) is 15.3 Å². The van der Waals surface area contributed by atoms with Crippen molar-refractivity contribution in [3.05, 3.63) is 53.6 Å². The Kier molecular flexibility index (Phi) is 6.66. The highest BCUT2D eigenvalue weighted by Gasteiger charge is 2.02. The van der Waals surface area contributed by atoms with E-state index >= 15 is 0 Å². The van der Waals surface area contributed by atoms with Crippen molar-refractivity contribution >= 4 is 11.8 Å². The van der Waals surface area contributed by atoms with Crippen LogP contribution in [-0.4, -0.2) is 30.2 Å². The molecule has 0 bridgehead atoms. The Morgan fingerprint density at radius 2 is 1.95 bits per heavy atom. The number of rotatable bonds is 8. The Bertz CT molecular complexity index is 545. The molecule has 0 atom stereocenters. The molecule has 0 aliphatic carbocycles. The Morgan fingerprint density at radius 1 is 1.19 bits per heavy atom. The van der Waals surface area contributed by atoms with Crippen LogP contribution in [-0.2, 0) is 17.0 Å². The highest BCUT2D eigenvalue weighted by atomic mass is 32.2. The fraction of sp³-hybridized carbons (Fsp3) is 0.375. The summed E-state index contributed by atoms with van der Waals surface area (Å²) in [5.41, 5.74) is 2.39. The minimum atomic E-state index is 0.714. The van der Waals surface area contributed by atoms with Gasteiger partial charge in [0.25, 0.3) is 0 Å². The summed E-state index contributed by atoms with van der Waals surface area (Å²) >= 11 is 1.77. The van der Waals surface area contributed by atoms with Crippen molar-refractivity contribution in [2.45, 2.75) is 24.1 Å². The Balaban J connectivity index is 1.81. The summed E-state index contributed by atoms with van der Waals surface area (Å²) in [5.74, 6) is 1.66. The van der Waals surface area contributed by atoms with Gasteiger partial charge in [-0.15, -0.1) is 11.8 Å². The maximum absolute atomic E-state index is 4.99. The smallest absolute Gasteiger partial charge is 0.138 e. The van der Waals surface area contributed by atoms with E-state index in [9.17, 15) is 0 Å². The second kappa shape index (κ2) is 8.77. The number of methoxy groups -OCH3 is 1. The predicted molar refractivity (Wildman–Crippen MR) is 86.4 cm³/mol. The van der Waals surface area contributed by atoms with Crippen molar-refractivity contribution < 1.29 is 4.74 Å². The lowest BCUT2D eigenvalue weighted by atomic mass is 10.2. The molecule has 0 spiro atoms. The van der Waals surface area contributed by atoms with E-state index in [4.69, 9.17) is 4.74 Å². The van der Waals surface area contributed by atoms with E-state index in [-0.39, 0.29) is 0 Å². The minimum absolute atomic E-state index is 0.714. The largest absolute Gasteiger partial charge is 0.383 e. The van der Waals surface area contributed by atoms with Gasteiger partial charge in [-0.25, -0.2) is 9.97 Å². The van der Waals surface area contributed by atoms with Gasteiger partial charge in [0.1, 0.15) is 5.82 Å². The van der Waals surface area contributed by atoms with Gasteiger partial charge in [0.05, 0.1) is 12.4 Å². The van der Waals surface area contributed by atoms with Crippen molar-refractivity contribution in [3.8, 4) is 0 Å². The molecule has 1 aromatic carbocycles. The molecule has 0 fully saturated rings. The van der Waals surface area contributed by atoms with E-state index in [1.54, 1.807) is 18.9 Å². The summed E-state index contributed by atoms with van der Waals surface area (Å²) < 4.78 is 4.99. The summed E-state index contributed by atoms with van der Waals surface area (Å²) in [5, 5.41) is 3.28. The highest BCUT2D eigenvalue weighted by molar-refractivity contribution is 7.98. The first kappa shape index (κ1) is 15.9. The van der Waals surface area contributed by atoms with Crippen LogP contribution in [0.5, 0.6) is 0 Å². The molecule has 0 aliphatic rings. The van der Waals surface area contributed by atoms with Crippen molar-refractivity contribution in [1.29, 1.82) is 0 Å². The molecule has 21 heavy (non-hydrogen) atoms.